The molecule has 0 bridgehead atoms. The van der Waals surface area contributed by atoms with Gasteiger partial charge in [-0.05, 0) is 42.3 Å². The summed E-state index contributed by atoms with van der Waals surface area (Å²) in [6.45, 7) is 2.10. The summed E-state index contributed by atoms with van der Waals surface area (Å²) in [4.78, 5) is 16.3. The van der Waals surface area contributed by atoms with Gasteiger partial charge in [-0.15, -0.1) is 0 Å². The van der Waals surface area contributed by atoms with Crippen molar-refractivity contribution >= 4 is 16.9 Å². The van der Waals surface area contributed by atoms with Crippen molar-refractivity contribution in [2.75, 3.05) is 6.61 Å². The normalized spacial score (nSPS) is 10.3. The van der Waals surface area contributed by atoms with Crippen LogP contribution in [0.3, 0.4) is 0 Å². The van der Waals surface area contributed by atoms with Crippen LogP contribution >= 0.6 is 0 Å². The number of esters is 1. The van der Waals surface area contributed by atoms with Gasteiger partial charge in [0.25, 0.3) is 0 Å². The van der Waals surface area contributed by atoms with Gasteiger partial charge in [0.1, 0.15) is 11.8 Å². The summed E-state index contributed by atoms with van der Waals surface area (Å²) in [5.74, 6) is -0.363. The Balaban J connectivity index is 2.25. The van der Waals surface area contributed by atoms with Crippen LogP contribution in [0.25, 0.3) is 22.0 Å². The third-order valence-electron chi connectivity index (χ3n) is 3.52. The standard InChI is InChI=1S/C19H14N2O2/c1-2-23-19(22)14-8-9-18-17(10-14)16(11-15(12-20)21-18)13-6-4-3-5-7-13/h3-11H,2H2,1H3. The Morgan fingerprint density at radius 1 is 1.17 bits per heavy atom. The van der Waals surface area contributed by atoms with Crippen LogP contribution in [0, 0.1) is 11.3 Å². The second kappa shape index (κ2) is 6.29. The highest BCUT2D eigenvalue weighted by Gasteiger charge is 2.12. The van der Waals surface area contributed by atoms with Gasteiger partial charge in [0.2, 0.25) is 0 Å². The zero-order valence-corrected chi connectivity index (χ0v) is 12.6. The zero-order chi connectivity index (χ0) is 16.2. The molecule has 3 rings (SSSR count). The van der Waals surface area contributed by atoms with E-state index in [0.29, 0.717) is 23.4 Å². The highest BCUT2D eigenvalue weighted by molar-refractivity contribution is 6.00. The molecule has 1 aromatic heterocycles. The van der Waals surface area contributed by atoms with E-state index in [1.807, 2.05) is 30.3 Å². The Hall–Kier alpha value is -3.19. The Kier molecular flexibility index (Phi) is 4.03. The fraction of sp³-hybridized carbons (Fsp3) is 0.105. The summed E-state index contributed by atoms with van der Waals surface area (Å²) in [5, 5.41) is 10.0. The molecular formula is C19H14N2O2. The highest BCUT2D eigenvalue weighted by atomic mass is 16.5. The lowest BCUT2D eigenvalue weighted by Gasteiger charge is -2.09. The second-order valence-corrected chi connectivity index (χ2v) is 4.99. The summed E-state index contributed by atoms with van der Waals surface area (Å²) >= 11 is 0. The molecule has 4 nitrogen and oxygen atoms in total. The van der Waals surface area contributed by atoms with Gasteiger partial charge in [0.05, 0.1) is 17.7 Å². The average molecular weight is 302 g/mol. The van der Waals surface area contributed by atoms with Crippen LogP contribution in [-0.4, -0.2) is 17.6 Å². The Labute approximate surface area is 134 Å². The van der Waals surface area contributed by atoms with Crippen molar-refractivity contribution in [1.82, 2.24) is 4.98 Å². The Bertz CT molecular complexity index is 912. The number of aromatic nitrogens is 1. The number of carbonyl (C=O) groups is 1. The molecule has 0 aliphatic rings. The quantitative estimate of drug-likeness (QED) is 0.687. The lowest BCUT2D eigenvalue weighted by atomic mass is 9.99. The van der Waals surface area contributed by atoms with E-state index >= 15 is 0 Å². The van der Waals surface area contributed by atoms with E-state index in [-0.39, 0.29) is 5.97 Å². The van der Waals surface area contributed by atoms with Gasteiger partial charge in [-0.1, -0.05) is 30.3 Å². The monoisotopic (exact) mass is 302 g/mol. The fourth-order valence-corrected chi connectivity index (χ4v) is 2.48. The molecule has 0 amide bonds. The minimum Gasteiger partial charge on any atom is -0.462 e. The molecule has 0 atom stereocenters. The number of carbonyl (C=O) groups excluding carboxylic acids is 1. The highest BCUT2D eigenvalue weighted by Crippen LogP contribution is 2.29. The smallest absolute Gasteiger partial charge is 0.338 e. The SMILES string of the molecule is CCOC(=O)c1ccc2nc(C#N)cc(-c3ccccc3)c2c1. The number of nitriles is 1. The fourth-order valence-electron chi connectivity index (χ4n) is 2.48. The van der Waals surface area contributed by atoms with Gasteiger partial charge in [0, 0.05) is 5.39 Å². The number of fused-ring (bicyclic) bond motifs is 1. The number of ether oxygens (including phenoxy) is 1. The van der Waals surface area contributed by atoms with Crippen LogP contribution in [-0.2, 0) is 4.74 Å². The number of pyridine rings is 1. The number of nitrogens with zero attached hydrogens (tertiary/aromatic N) is 2. The molecule has 3 aromatic rings. The first-order chi connectivity index (χ1) is 11.2. The van der Waals surface area contributed by atoms with E-state index < -0.39 is 0 Å². The first kappa shape index (κ1) is 14.7. The lowest BCUT2D eigenvalue weighted by Crippen LogP contribution is -2.04. The maximum atomic E-state index is 12.0. The lowest BCUT2D eigenvalue weighted by molar-refractivity contribution is 0.0526. The molecule has 0 fully saturated rings. The van der Waals surface area contributed by atoms with Crippen LogP contribution in [0.2, 0.25) is 0 Å². The third-order valence-corrected chi connectivity index (χ3v) is 3.52. The summed E-state index contributed by atoms with van der Waals surface area (Å²) in [6.07, 6.45) is 0. The second-order valence-electron chi connectivity index (χ2n) is 4.99. The first-order valence-electron chi connectivity index (χ1n) is 7.30. The van der Waals surface area contributed by atoms with Crippen molar-refractivity contribution in [2.45, 2.75) is 6.92 Å². The van der Waals surface area contributed by atoms with Gasteiger partial charge in [-0.2, -0.15) is 5.26 Å². The maximum absolute atomic E-state index is 12.0. The van der Waals surface area contributed by atoms with E-state index in [2.05, 4.69) is 11.1 Å². The number of rotatable bonds is 3. The van der Waals surface area contributed by atoms with Crippen molar-refractivity contribution in [3.8, 4) is 17.2 Å². The Morgan fingerprint density at radius 2 is 1.96 bits per heavy atom. The molecule has 0 N–H and O–H groups in total. The number of hydrogen-bond donors (Lipinski definition) is 0. The molecule has 112 valence electrons. The minimum absolute atomic E-state index is 0.327. The van der Waals surface area contributed by atoms with Crippen molar-refractivity contribution in [3.05, 3.63) is 65.9 Å². The molecule has 0 saturated heterocycles. The van der Waals surface area contributed by atoms with Gasteiger partial charge >= 0.3 is 5.97 Å². The van der Waals surface area contributed by atoms with Crippen LogP contribution in [0.1, 0.15) is 23.0 Å². The van der Waals surface area contributed by atoms with Gasteiger partial charge in [-0.25, -0.2) is 9.78 Å². The van der Waals surface area contributed by atoms with E-state index in [1.54, 1.807) is 31.2 Å². The first-order valence-corrected chi connectivity index (χ1v) is 7.30. The average Bonchev–Trinajstić information content (AvgIpc) is 2.61. The molecule has 23 heavy (non-hydrogen) atoms. The van der Waals surface area contributed by atoms with E-state index in [9.17, 15) is 10.1 Å². The molecule has 0 aliphatic carbocycles. The van der Waals surface area contributed by atoms with Crippen molar-refractivity contribution < 1.29 is 9.53 Å². The van der Waals surface area contributed by atoms with E-state index in [1.165, 1.54) is 0 Å². The predicted molar refractivity (Wildman–Crippen MR) is 87.9 cm³/mol. The zero-order valence-electron chi connectivity index (χ0n) is 12.6. The molecular weight excluding hydrogens is 288 g/mol. The number of benzene rings is 2. The van der Waals surface area contributed by atoms with Gasteiger partial charge in [-0.3, -0.25) is 0 Å². The van der Waals surface area contributed by atoms with Crippen LogP contribution < -0.4 is 0 Å². The molecule has 0 radical (unpaired) electrons. The Morgan fingerprint density at radius 3 is 2.65 bits per heavy atom. The van der Waals surface area contributed by atoms with Gasteiger partial charge in [0.15, 0.2) is 0 Å². The van der Waals surface area contributed by atoms with Crippen molar-refractivity contribution in [1.29, 1.82) is 5.26 Å². The van der Waals surface area contributed by atoms with Crippen molar-refractivity contribution in [2.24, 2.45) is 0 Å². The van der Waals surface area contributed by atoms with Crippen molar-refractivity contribution in [3.63, 3.8) is 0 Å². The molecule has 0 spiro atoms. The van der Waals surface area contributed by atoms with E-state index in [4.69, 9.17) is 4.74 Å². The molecule has 0 unspecified atom stereocenters. The van der Waals surface area contributed by atoms with Gasteiger partial charge < -0.3 is 4.74 Å². The van der Waals surface area contributed by atoms with Crippen LogP contribution in [0.5, 0.6) is 0 Å². The summed E-state index contributed by atoms with van der Waals surface area (Å²) < 4.78 is 5.06. The molecule has 4 heteroatoms. The topological polar surface area (TPSA) is 63.0 Å². The third kappa shape index (κ3) is 2.90. The summed E-state index contributed by atoms with van der Waals surface area (Å²) in [6, 6.07) is 18.7. The van der Waals surface area contributed by atoms with Crippen LogP contribution in [0.4, 0.5) is 0 Å². The molecule has 0 aliphatic heterocycles. The maximum Gasteiger partial charge on any atom is 0.338 e. The summed E-state index contributed by atoms with van der Waals surface area (Å²) in [5.41, 5.74) is 3.34. The largest absolute Gasteiger partial charge is 0.462 e. The molecule has 0 saturated carbocycles. The van der Waals surface area contributed by atoms with Crippen LogP contribution in [0.15, 0.2) is 54.6 Å². The molecule has 2 aromatic carbocycles. The number of hydrogen-bond acceptors (Lipinski definition) is 4. The molecule has 1 heterocycles. The minimum atomic E-state index is -0.363. The van der Waals surface area contributed by atoms with E-state index in [0.717, 1.165) is 16.5 Å². The summed E-state index contributed by atoms with van der Waals surface area (Å²) in [7, 11) is 0. The predicted octanol–water partition coefficient (Wildman–Crippen LogP) is 3.95.